The van der Waals surface area contributed by atoms with Crippen LogP contribution in [0.1, 0.15) is 29.3 Å². The van der Waals surface area contributed by atoms with Crippen molar-refractivity contribution in [3.8, 4) is 0 Å². The van der Waals surface area contributed by atoms with Crippen LogP contribution < -0.4 is 5.32 Å². The number of carbonyl (C=O) groups is 2. The maximum Gasteiger partial charge on any atom is 0.416 e. The third-order valence-electron chi connectivity index (χ3n) is 2.78. The molecule has 0 spiro atoms. The normalized spacial score (nSPS) is 12.5. The van der Waals surface area contributed by atoms with E-state index in [1.54, 1.807) is 0 Å². The predicted molar refractivity (Wildman–Crippen MR) is 67.3 cm³/mol. The molecule has 0 aliphatic heterocycles. The standard InChI is InChI=1S/C12H11F3N2O5/c1-2-8(11(19)20)16-10(18)7-4-3-6(12(13,14)15)5-9(7)17(21)22/h3-5,8H,2H2,1H3,(H,16,18)(H,19,20). The number of nitro benzene ring substituents is 1. The first kappa shape index (κ1) is 17.4. The Hall–Kier alpha value is -2.65. The SMILES string of the molecule is CCC(NC(=O)c1ccc(C(F)(F)F)cc1[N+](=O)[O-])C(=O)O. The number of amides is 1. The van der Waals surface area contributed by atoms with Crippen LogP contribution in [0.15, 0.2) is 18.2 Å². The third-order valence-corrected chi connectivity index (χ3v) is 2.78. The fourth-order valence-corrected chi connectivity index (χ4v) is 1.63. The average Bonchev–Trinajstić information content (AvgIpc) is 2.42. The van der Waals surface area contributed by atoms with E-state index in [-0.39, 0.29) is 12.5 Å². The maximum atomic E-state index is 12.5. The second-order valence-electron chi connectivity index (χ2n) is 4.26. The predicted octanol–water partition coefficient (Wildman–Crippen LogP) is 2.21. The number of halogens is 3. The lowest BCUT2D eigenvalue weighted by molar-refractivity contribution is -0.385. The van der Waals surface area contributed by atoms with E-state index < -0.39 is 45.8 Å². The molecule has 10 heteroatoms. The largest absolute Gasteiger partial charge is 0.480 e. The van der Waals surface area contributed by atoms with E-state index in [2.05, 4.69) is 0 Å². The number of benzene rings is 1. The summed E-state index contributed by atoms with van der Waals surface area (Å²) in [5.41, 5.74) is -2.97. The smallest absolute Gasteiger partial charge is 0.416 e. The van der Waals surface area contributed by atoms with Gasteiger partial charge in [-0.3, -0.25) is 14.9 Å². The van der Waals surface area contributed by atoms with E-state index in [0.29, 0.717) is 12.1 Å². The summed E-state index contributed by atoms with van der Waals surface area (Å²) in [5.74, 6) is -2.49. The van der Waals surface area contributed by atoms with Crippen molar-refractivity contribution in [2.45, 2.75) is 25.6 Å². The van der Waals surface area contributed by atoms with Crippen molar-refractivity contribution in [3.63, 3.8) is 0 Å². The molecule has 7 nitrogen and oxygen atoms in total. The minimum atomic E-state index is -4.80. The highest BCUT2D eigenvalue weighted by molar-refractivity contribution is 6.00. The van der Waals surface area contributed by atoms with E-state index in [9.17, 15) is 32.9 Å². The summed E-state index contributed by atoms with van der Waals surface area (Å²) in [4.78, 5) is 32.4. The zero-order valence-electron chi connectivity index (χ0n) is 11.2. The van der Waals surface area contributed by atoms with Crippen molar-refractivity contribution in [1.82, 2.24) is 5.32 Å². The highest BCUT2D eigenvalue weighted by atomic mass is 19.4. The fourth-order valence-electron chi connectivity index (χ4n) is 1.63. The van der Waals surface area contributed by atoms with Crippen molar-refractivity contribution in [2.75, 3.05) is 0 Å². The number of hydrogen-bond donors (Lipinski definition) is 2. The summed E-state index contributed by atoms with van der Waals surface area (Å²) in [6.07, 6.45) is -4.79. The number of nitrogens with zero attached hydrogens (tertiary/aromatic N) is 1. The van der Waals surface area contributed by atoms with Crippen LogP contribution in [-0.2, 0) is 11.0 Å². The first-order chi connectivity index (χ1) is 10.1. The van der Waals surface area contributed by atoms with Gasteiger partial charge in [-0.2, -0.15) is 13.2 Å². The maximum absolute atomic E-state index is 12.5. The number of carboxylic acid groups (broad SMARTS) is 1. The lowest BCUT2D eigenvalue weighted by Gasteiger charge is -2.13. The molecule has 2 N–H and O–H groups in total. The van der Waals surface area contributed by atoms with E-state index >= 15 is 0 Å². The fraction of sp³-hybridized carbons (Fsp3) is 0.333. The summed E-state index contributed by atoms with van der Waals surface area (Å²) in [6.45, 7) is 1.46. The highest BCUT2D eigenvalue weighted by Crippen LogP contribution is 2.33. The van der Waals surface area contributed by atoms with Gasteiger partial charge in [0.05, 0.1) is 10.5 Å². The van der Waals surface area contributed by atoms with Crippen molar-refractivity contribution in [3.05, 3.63) is 39.4 Å². The molecular weight excluding hydrogens is 309 g/mol. The molecule has 1 aromatic carbocycles. The highest BCUT2D eigenvalue weighted by Gasteiger charge is 2.34. The molecule has 0 aliphatic rings. The van der Waals surface area contributed by atoms with Gasteiger partial charge in [-0.05, 0) is 18.6 Å². The van der Waals surface area contributed by atoms with Crippen molar-refractivity contribution < 1.29 is 32.8 Å². The molecule has 0 saturated heterocycles. The van der Waals surface area contributed by atoms with Crippen LogP contribution in [0.2, 0.25) is 0 Å². The molecule has 1 amide bonds. The van der Waals surface area contributed by atoms with Crippen LogP contribution in [0.3, 0.4) is 0 Å². The van der Waals surface area contributed by atoms with Crippen LogP contribution in [0.25, 0.3) is 0 Å². The number of alkyl halides is 3. The molecule has 0 fully saturated rings. The Morgan fingerprint density at radius 2 is 2.00 bits per heavy atom. The van der Waals surface area contributed by atoms with Crippen LogP contribution in [-0.4, -0.2) is 27.9 Å². The molecule has 1 atom stereocenters. The Balaban J connectivity index is 3.21. The summed E-state index contributed by atoms with van der Waals surface area (Å²) in [6, 6.07) is 0.0971. The Labute approximate surface area is 121 Å². The molecule has 1 unspecified atom stereocenters. The topological polar surface area (TPSA) is 110 Å². The van der Waals surface area contributed by atoms with Gasteiger partial charge in [0.1, 0.15) is 11.6 Å². The Kier molecular flexibility index (Phi) is 5.07. The molecular formula is C12H11F3N2O5. The number of rotatable bonds is 5. The number of hydrogen-bond acceptors (Lipinski definition) is 4. The lowest BCUT2D eigenvalue weighted by Crippen LogP contribution is -2.40. The number of carbonyl (C=O) groups excluding carboxylic acids is 1. The van der Waals surface area contributed by atoms with E-state index in [1.807, 2.05) is 5.32 Å². The molecule has 0 aliphatic carbocycles. The molecule has 0 radical (unpaired) electrons. The van der Waals surface area contributed by atoms with Gasteiger partial charge >= 0.3 is 12.1 Å². The van der Waals surface area contributed by atoms with Gasteiger partial charge in [-0.25, -0.2) is 4.79 Å². The molecule has 0 saturated carbocycles. The number of aliphatic carboxylic acids is 1. The van der Waals surface area contributed by atoms with Crippen LogP contribution in [0.4, 0.5) is 18.9 Å². The molecule has 1 aromatic rings. The minimum Gasteiger partial charge on any atom is -0.480 e. The van der Waals surface area contributed by atoms with Crippen LogP contribution in [0.5, 0.6) is 0 Å². The third kappa shape index (κ3) is 3.93. The molecule has 22 heavy (non-hydrogen) atoms. The molecule has 120 valence electrons. The van der Waals surface area contributed by atoms with E-state index in [1.165, 1.54) is 6.92 Å². The monoisotopic (exact) mass is 320 g/mol. The zero-order valence-corrected chi connectivity index (χ0v) is 11.2. The Morgan fingerprint density at radius 3 is 2.41 bits per heavy atom. The number of nitrogens with one attached hydrogen (secondary N) is 1. The summed E-state index contributed by atoms with van der Waals surface area (Å²) in [7, 11) is 0. The van der Waals surface area contributed by atoms with Crippen LogP contribution in [0, 0.1) is 10.1 Å². The minimum absolute atomic E-state index is 0.00943. The molecule has 0 heterocycles. The lowest BCUT2D eigenvalue weighted by atomic mass is 10.1. The van der Waals surface area contributed by atoms with Crippen molar-refractivity contribution >= 4 is 17.6 Å². The van der Waals surface area contributed by atoms with Crippen molar-refractivity contribution in [2.24, 2.45) is 0 Å². The number of nitro groups is 1. The van der Waals surface area contributed by atoms with Gasteiger partial charge in [0, 0.05) is 6.07 Å². The zero-order chi connectivity index (χ0) is 17.1. The van der Waals surface area contributed by atoms with Gasteiger partial charge in [-0.15, -0.1) is 0 Å². The van der Waals surface area contributed by atoms with Gasteiger partial charge in [0.2, 0.25) is 0 Å². The second-order valence-corrected chi connectivity index (χ2v) is 4.26. The van der Waals surface area contributed by atoms with Gasteiger partial charge in [-0.1, -0.05) is 6.92 Å². The van der Waals surface area contributed by atoms with Gasteiger partial charge in [0.15, 0.2) is 0 Å². The van der Waals surface area contributed by atoms with E-state index in [4.69, 9.17) is 5.11 Å². The average molecular weight is 320 g/mol. The van der Waals surface area contributed by atoms with Crippen molar-refractivity contribution in [1.29, 1.82) is 0 Å². The van der Waals surface area contributed by atoms with Crippen LogP contribution >= 0.6 is 0 Å². The quantitative estimate of drug-likeness (QED) is 0.638. The number of carboxylic acids is 1. The Morgan fingerprint density at radius 1 is 1.41 bits per heavy atom. The summed E-state index contributed by atoms with van der Waals surface area (Å²) >= 11 is 0. The first-order valence-electron chi connectivity index (χ1n) is 5.97. The van der Waals surface area contributed by atoms with E-state index in [0.717, 1.165) is 0 Å². The molecule has 0 aromatic heterocycles. The van der Waals surface area contributed by atoms with Gasteiger partial charge < -0.3 is 10.4 Å². The molecule has 0 bridgehead atoms. The second kappa shape index (κ2) is 6.41. The Bertz CT molecular complexity index is 615. The summed E-state index contributed by atoms with van der Waals surface area (Å²) < 4.78 is 37.6. The van der Waals surface area contributed by atoms with Gasteiger partial charge in [0.25, 0.3) is 11.6 Å². The summed E-state index contributed by atoms with van der Waals surface area (Å²) in [5, 5.41) is 21.6. The first-order valence-corrected chi connectivity index (χ1v) is 5.97. The molecule has 1 rings (SSSR count).